The van der Waals surface area contributed by atoms with Crippen molar-refractivity contribution in [3.63, 3.8) is 0 Å². The lowest BCUT2D eigenvalue weighted by molar-refractivity contribution is -0.151. The number of anilines is 1. The molecule has 6 nitrogen and oxygen atoms in total. The zero-order chi connectivity index (χ0) is 22.2. The lowest BCUT2D eigenvalue weighted by Gasteiger charge is -2.27. The number of para-hydroxylation sites is 2. The number of ether oxygens (including phenoxy) is 3. The quantitative estimate of drug-likeness (QED) is 0.489. The monoisotopic (exact) mass is 433 g/mol. The van der Waals surface area contributed by atoms with Crippen molar-refractivity contribution >= 4 is 11.7 Å². The Morgan fingerprint density at radius 1 is 1.00 bits per heavy atom. The maximum absolute atomic E-state index is 11.6. The molecule has 2 N–H and O–H groups in total. The first-order valence-electron chi connectivity index (χ1n) is 10.8. The number of benzene rings is 3. The summed E-state index contributed by atoms with van der Waals surface area (Å²) in [6, 6.07) is 25.0. The van der Waals surface area contributed by atoms with Crippen molar-refractivity contribution in [2.75, 3.05) is 18.5 Å². The van der Waals surface area contributed by atoms with Gasteiger partial charge in [0.2, 0.25) is 0 Å². The second-order valence-corrected chi connectivity index (χ2v) is 7.73. The number of hydrogen-bond donors (Lipinski definition) is 2. The first-order chi connectivity index (χ1) is 15.7. The van der Waals surface area contributed by atoms with E-state index in [1.54, 1.807) is 0 Å². The number of rotatable bonds is 10. The second kappa shape index (κ2) is 10.7. The molecule has 4 rings (SSSR count). The van der Waals surface area contributed by atoms with Crippen molar-refractivity contribution in [3.05, 3.63) is 90.0 Å². The first-order valence-corrected chi connectivity index (χ1v) is 10.8. The number of hydrogen-bond acceptors (Lipinski definition) is 5. The van der Waals surface area contributed by atoms with E-state index in [2.05, 4.69) is 5.32 Å². The number of carbonyl (C=O) groups is 1. The van der Waals surface area contributed by atoms with Crippen molar-refractivity contribution in [2.45, 2.75) is 31.7 Å². The van der Waals surface area contributed by atoms with Crippen molar-refractivity contribution in [3.8, 4) is 11.5 Å². The predicted molar refractivity (Wildman–Crippen MR) is 122 cm³/mol. The Morgan fingerprint density at radius 3 is 2.53 bits per heavy atom. The van der Waals surface area contributed by atoms with E-state index in [9.17, 15) is 9.90 Å². The molecule has 2 atom stereocenters. The maximum Gasteiger partial charge on any atom is 0.333 e. The SMILES string of the molecule is O=C(O)C(Cc1ccc(OCCC2CNc3ccccc3O2)cc1)OCc1ccccc1. The van der Waals surface area contributed by atoms with Gasteiger partial charge in [0.15, 0.2) is 6.10 Å². The van der Waals surface area contributed by atoms with Gasteiger partial charge in [0, 0.05) is 12.8 Å². The minimum absolute atomic E-state index is 0.0576. The number of carboxylic acids is 1. The largest absolute Gasteiger partial charge is 0.493 e. The fourth-order valence-corrected chi connectivity index (χ4v) is 3.55. The van der Waals surface area contributed by atoms with Crippen LogP contribution >= 0.6 is 0 Å². The van der Waals surface area contributed by atoms with Crippen LogP contribution in [0.2, 0.25) is 0 Å². The molecule has 2 unspecified atom stereocenters. The summed E-state index contributed by atoms with van der Waals surface area (Å²) in [5.41, 5.74) is 2.85. The topological polar surface area (TPSA) is 77.0 Å². The van der Waals surface area contributed by atoms with Gasteiger partial charge in [-0.2, -0.15) is 0 Å². The van der Waals surface area contributed by atoms with Gasteiger partial charge < -0.3 is 24.6 Å². The highest BCUT2D eigenvalue weighted by Gasteiger charge is 2.20. The Balaban J connectivity index is 1.23. The molecule has 0 aliphatic carbocycles. The van der Waals surface area contributed by atoms with E-state index in [0.717, 1.165) is 41.3 Å². The third-order valence-corrected chi connectivity index (χ3v) is 5.32. The van der Waals surface area contributed by atoms with Crippen LogP contribution in [-0.4, -0.2) is 36.4 Å². The Morgan fingerprint density at radius 2 is 1.75 bits per heavy atom. The lowest BCUT2D eigenvalue weighted by atomic mass is 10.1. The fraction of sp³-hybridized carbons (Fsp3) is 0.269. The number of fused-ring (bicyclic) bond motifs is 1. The van der Waals surface area contributed by atoms with Crippen molar-refractivity contribution in [1.82, 2.24) is 0 Å². The van der Waals surface area contributed by atoms with Gasteiger partial charge in [0.05, 0.1) is 25.4 Å². The Hall–Kier alpha value is -3.51. The predicted octanol–water partition coefficient (Wildman–Crippen LogP) is 4.54. The molecule has 0 fully saturated rings. The highest BCUT2D eigenvalue weighted by molar-refractivity contribution is 5.72. The van der Waals surface area contributed by atoms with Gasteiger partial charge in [0.25, 0.3) is 0 Å². The van der Waals surface area contributed by atoms with Gasteiger partial charge in [0.1, 0.15) is 17.6 Å². The molecule has 3 aromatic rings. The molecule has 0 amide bonds. The van der Waals surface area contributed by atoms with Crippen LogP contribution in [0.1, 0.15) is 17.5 Å². The molecule has 1 heterocycles. The summed E-state index contributed by atoms with van der Waals surface area (Å²) >= 11 is 0. The smallest absolute Gasteiger partial charge is 0.333 e. The van der Waals surface area contributed by atoms with Crippen molar-refractivity contribution in [1.29, 1.82) is 0 Å². The summed E-state index contributed by atoms with van der Waals surface area (Å²) < 4.78 is 17.5. The van der Waals surface area contributed by atoms with Crippen LogP contribution in [0, 0.1) is 0 Å². The Labute approximate surface area is 187 Å². The van der Waals surface area contributed by atoms with Crippen LogP contribution in [0.3, 0.4) is 0 Å². The van der Waals surface area contributed by atoms with Crippen LogP contribution in [0.25, 0.3) is 0 Å². The summed E-state index contributed by atoms with van der Waals surface area (Å²) in [5, 5.41) is 12.9. The average molecular weight is 434 g/mol. The minimum atomic E-state index is -0.969. The maximum atomic E-state index is 11.6. The molecule has 3 aromatic carbocycles. The Bertz CT molecular complexity index is 1010. The molecular weight excluding hydrogens is 406 g/mol. The van der Waals surface area contributed by atoms with E-state index in [0.29, 0.717) is 13.0 Å². The third-order valence-electron chi connectivity index (χ3n) is 5.32. The summed E-state index contributed by atoms with van der Waals surface area (Å²) in [5.74, 6) is 0.648. The van der Waals surface area contributed by atoms with Crippen LogP contribution < -0.4 is 14.8 Å². The molecule has 0 saturated heterocycles. The molecule has 0 radical (unpaired) electrons. The number of nitrogens with one attached hydrogen (secondary N) is 1. The van der Waals surface area contributed by atoms with Gasteiger partial charge in [-0.1, -0.05) is 54.6 Å². The standard InChI is InChI=1S/C26H27NO5/c28-26(29)25(31-18-20-6-2-1-3-7-20)16-19-10-12-21(13-11-19)30-15-14-22-17-27-23-8-4-5-9-24(23)32-22/h1-13,22,25,27H,14-18H2,(H,28,29). The van der Waals surface area contributed by atoms with E-state index >= 15 is 0 Å². The fourth-order valence-electron chi connectivity index (χ4n) is 3.55. The van der Waals surface area contributed by atoms with E-state index in [1.165, 1.54) is 0 Å². The van der Waals surface area contributed by atoms with Crippen LogP contribution in [0.5, 0.6) is 11.5 Å². The van der Waals surface area contributed by atoms with Gasteiger partial charge in [-0.25, -0.2) is 4.79 Å². The van der Waals surface area contributed by atoms with Crippen LogP contribution in [0.4, 0.5) is 5.69 Å². The van der Waals surface area contributed by atoms with E-state index in [1.807, 2.05) is 78.9 Å². The molecule has 0 bridgehead atoms. The van der Waals surface area contributed by atoms with Crippen LogP contribution in [0.15, 0.2) is 78.9 Å². The lowest BCUT2D eigenvalue weighted by Crippen LogP contribution is -2.32. The van der Waals surface area contributed by atoms with E-state index < -0.39 is 12.1 Å². The first kappa shape index (κ1) is 21.7. The third kappa shape index (κ3) is 6.02. The van der Waals surface area contributed by atoms with E-state index in [-0.39, 0.29) is 12.7 Å². The number of carboxylic acid groups (broad SMARTS) is 1. The van der Waals surface area contributed by atoms with Gasteiger partial charge in [-0.15, -0.1) is 0 Å². The van der Waals surface area contributed by atoms with Gasteiger partial charge >= 0.3 is 5.97 Å². The molecule has 1 aliphatic heterocycles. The Kier molecular flexibility index (Phi) is 7.25. The van der Waals surface area contributed by atoms with Gasteiger partial charge in [-0.3, -0.25) is 0 Å². The highest BCUT2D eigenvalue weighted by Crippen LogP contribution is 2.29. The summed E-state index contributed by atoms with van der Waals surface area (Å²) in [4.78, 5) is 11.6. The molecule has 0 aromatic heterocycles. The molecule has 166 valence electrons. The normalized spacial score (nSPS) is 15.7. The second-order valence-electron chi connectivity index (χ2n) is 7.73. The van der Waals surface area contributed by atoms with Crippen LogP contribution in [-0.2, 0) is 22.6 Å². The molecule has 6 heteroatoms. The molecule has 32 heavy (non-hydrogen) atoms. The average Bonchev–Trinajstić information content (AvgIpc) is 2.83. The summed E-state index contributed by atoms with van der Waals surface area (Å²) in [6.45, 7) is 1.55. The number of aliphatic carboxylic acids is 1. The molecule has 0 saturated carbocycles. The zero-order valence-electron chi connectivity index (χ0n) is 17.8. The van der Waals surface area contributed by atoms with Gasteiger partial charge in [-0.05, 0) is 35.4 Å². The molecular formula is C26H27NO5. The highest BCUT2D eigenvalue weighted by atomic mass is 16.5. The molecule has 1 aliphatic rings. The zero-order valence-corrected chi connectivity index (χ0v) is 17.8. The molecule has 0 spiro atoms. The van der Waals surface area contributed by atoms with Crippen molar-refractivity contribution < 1.29 is 24.1 Å². The minimum Gasteiger partial charge on any atom is -0.493 e. The van der Waals surface area contributed by atoms with E-state index in [4.69, 9.17) is 14.2 Å². The summed E-state index contributed by atoms with van der Waals surface area (Å²) in [7, 11) is 0. The summed E-state index contributed by atoms with van der Waals surface area (Å²) in [6.07, 6.45) is 0.212. The van der Waals surface area contributed by atoms with Crippen molar-refractivity contribution in [2.24, 2.45) is 0 Å².